The van der Waals surface area contributed by atoms with Crippen LogP contribution < -0.4 is 14.9 Å². The van der Waals surface area contributed by atoms with Crippen molar-refractivity contribution in [3.05, 3.63) is 83.4 Å². The predicted octanol–water partition coefficient (Wildman–Crippen LogP) is 6.43. The van der Waals surface area contributed by atoms with Crippen LogP contribution in [-0.4, -0.2) is 30.8 Å². The minimum absolute atomic E-state index is 0.587. The minimum Gasteiger partial charge on any atom is -0.493 e. The number of nitrogens with one attached hydrogen (secondary N) is 1. The van der Waals surface area contributed by atoms with Gasteiger partial charge < -0.3 is 9.47 Å². The van der Waals surface area contributed by atoms with Crippen molar-refractivity contribution in [2.75, 3.05) is 13.7 Å². The number of aliphatic imine (C=N–C) groups is 1. The molecule has 0 spiro atoms. The molecule has 0 aliphatic rings. The molecule has 0 fully saturated rings. The van der Waals surface area contributed by atoms with Crippen LogP contribution in [0.2, 0.25) is 0 Å². The molecule has 174 valence electrons. The van der Waals surface area contributed by atoms with E-state index in [4.69, 9.17) is 19.5 Å². The highest BCUT2D eigenvalue weighted by molar-refractivity contribution is 7.20. The minimum atomic E-state index is 0.587. The first-order valence-electron chi connectivity index (χ1n) is 11.2. The van der Waals surface area contributed by atoms with E-state index in [0.29, 0.717) is 24.1 Å². The average Bonchev–Trinajstić information content (AvgIpc) is 3.29. The van der Waals surface area contributed by atoms with E-state index in [9.17, 15) is 0 Å². The zero-order valence-electron chi connectivity index (χ0n) is 19.6. The third kappa shape index (κ3) is 6.20. The van der Waals surface area contributed by atoms with Gasteiger partial charge in [-0.3, -0.25) is 5.43 Å². The van der Waals surface area contributed by atoms with Crippen LogP contribution in [0.15, 0.2) is 82.9 Å². The second-order valence-electron chi connectivity index (χ2n) is 8.09. The van der Waals surface area contributed by atoms with E-state index >= 15 is 0 Å². The van der Waals surface area contributed by atoms with Gasteiger partial charge in [0.05, 0.1) is 35.8 Å². The Kier molecular flexibility index (Phi) is 7.88. The lowest BCUT2D eigenvalue weighted by molar-refractivity contribution is 0.273. The number of ether oxygens (including phenoxy) is 2. The van der Waals surface area contributed by atoms with Gasteiger partial charge >= 0.3 is 0 Å². The fourth-order valence-electron chi connectivity index (χ4n) is 3.18. The highest BCUT2D eigenvalue weighted by atomic mass is 32.1. The Bertz CT molecular complexity index is 1250. The van der Waals surface area contributed by atoms with Gasteiger partial charge in [0.1, 0.15) is 0 Å². The number of rotatable bonds is 9. The summed E-state index contributed by atoms with van der Waals surface area (Å²) in [6.45, 7) is 5.01. The Balaban J connectivity index is 1.54. The summed E-state index contributed by atoms with van der Waals surface area (Å²) in [5.74, 6) is 2.58. The van der Waals surface area contributed by atoms with Gasteiger partial charge in [-0.25, -0.2) is 9.98 Å². The Labute approximate surface area is 204 Å². The third-order valence-electron chi connectivity index (χ3n) is 5.02. The first-order valence-corrected chi connectivity index (χ1v) is 12.0. The topological polar surface area (TPSA) is 68.1 Å². The summed E-state index contributed by atoms with van der Waals surface area (Å²) in [5.41, 5.74) is 5.73. The summed E-state index contributed by atoms with van der Waals surface area (Å²) in [7, 11) is 1.64. The summed E-state index contributed by atoms with van der Waals surface area (Å²) in [4.78, 5) is 9.48. The normalized spacial score (nSPS) is 11.9. The van der Waals surface area contributed by atoms with Crippen molar-refractivity contribution < 1.29 is 9.47 Å². The quantitative estimate of drug-likeness (QED) is 0.173. The van der Waals surface area contributed by atoms with Gasteiger partial charge in [-0.15, -0.1) is 11.3 Å². The molecule has 1 aromatic heterocycles. The van der Waals surface area contributed by atoms with Gasteiger partial charge in [-0.2, -0.15) is 5.10 Å². The van der Waals surface area contributed by atoms with E-state index in [1.807, 2.05) is 66.7 Å². The van der Waals surface area contributed by atoms with E-state index in [0.717, 1.165) is 38.6 Å². The Morgan fingerprint density at radius 2 is 1.82 bits per heavy atom. The number of fused-ring (bicyclic) bond motifs is 1. The monoisotopic (exact) mass is 472 g/mol. The lowest BCUT2D eigenvalue weighted by Crippen LogP contribution is -2.18. The third-order valence-corrected chi connectivity index (χ3v) is 6.06. The molecule has 0 atom stereocenters. The van der Waals surface area contributed by atoms with Crippen LogP contribution >= 0.6 is 11.3 Å². The van der Waals surface area contributed by atoms with E-state index in [1.54, 1.807) is 24.7 Å². The molecule has 0 saturated carbocycles. The van der Waals surface area contributed by atoms with E-state index in [1.165, 1.54) is 0 Å². The highest BCUT2D eigenvalue weighted by Gasteiger charge is 2.11. The molecule has 1 heterocycles. The highest BCUT2D eigenvalue weighted by Crippen LogP contribution is 2.28. The molecular weight excluding hydrogens is 444 g/mol. The number of aromatic nitrogens is 1. The fourth-order valence-corrected chi connectivity index (χ4v) is 4.09. The maximum Gasteiger partial charge on any atom is 0.183 e. The summed E-state index contributed by atoms with van der Waals surface area (Å²) < 4.78 is 12.5. The van der Waals surface area contributed by atoms with Crippen molar-refractivity contribution in [3.8, 4) is 11.5 Å². The molecule has 0 aliphatic carbocycles. The molecule has 1 N–H and O–H groups in total. The molecule has 0 bridgehead atoms. The molecule has 0 saturated heterocycles. The number of benzene rings is 3. The van der Waals surface area contributed by atoms with Gasteiger partial charge in [0.2, 0.25) is 0 Å². The van der Waals surface area contributed by atoms with Crippen molar-refractivity contribution in [2.24, 2.45) is 16.0 Å². The van der Waals surface area contributed by atoms with Crippen LogP contribution in [0.4, 0.5) is 5.69 Å². The van der Waals surface area contributed by atoms with Crippen molar-refractivity contribution in [2.45, 2.75) is 20.3 Å². The molecule has 0 amide bonds. The first-order chi connectivity index (χ1) is 16.6. The molecule has 34 heavy (non-hydrogen) atoms. The molecule has 6 nitrogen and oxygen atoms in total. The molecule has 0 aliphatic heterocycles. The SMILES string of the molecule is COc1cc(C=NNC(=Nc2ccccc2)c2nc3ccccc3s2)ccc1OCCC(C)C. The van der Waals surface area contributed by atoms with Crippen molar-refractivity contribution in [1.82, 2.24) is 10.4 Å². The zero-order chi connectivity index (χ0) is 23.8. The lowest BCUT2D eigenvalue weighted by Gasteiger charge is -2.12. The average molecular weight is 473 g/mol. The second kappa shape index (κ2) is 11.4. The number of methoxy groups -OCH3 is 1. The Morgan fingerprint density at radius 1 is 1.03 bits per heavy atom. The summed E-state index contributed by atoms with van der Waals surface area (Å²) >= 11 is 1.57. The van der Waals surface area contributed by atoms with Gasteiger partial charge in [-0.1, -0.05) is 44.2 Å². The summed E-state index contributed by atoms with van der Waals surface area (Å²) in [6.07, 6.45) is 2.72. The predicted molar refractivity (Wildman–Crippen MR) is 141 cm³/mol. The summed E-state index contributed by atoms with van der Waals surface area (Å²) in [6, 6.07) is 23.6. The number of hydrazone groups is 1. The molecule has 3 aromatic carbocycles. The van der Waals surface area contributed by atoms with Gasteiger partial charge in [0, 0.05) is 0 Å². The maximum atomic E-state index is 5.88. The van der Waals surface area contributed by atoms with Crippen LogP contribution in [0.1, 0.15) is 30.8 Å². The number of para-hydroxylation sites is 2. The molecular formula is C27H28N4O2S. The van der Waals surface area contributed by atoms with Crippen LogP contribution in [-0.2, 0) is 0 Å². The smallest absolute Gasteiger partial charge is 0.183 e. The van der Waals surface area contributed by atoms with E-state index in [2.05, 4.69) is 30.4 Å². The Hall–Kier alpha value is -3.71. The Morgan fingerprint density at radius 3 is 2.59 bits per heavy atom. The van der Waals surface area contributed by atoms with Crippen molar-refractivity contribution in [3.63, 3.8) is 0 Å². The van der Waals surface area contributed by atoms with Gasteiger partial charge in [-0.05, 0) is 60.4 Å². The van der Waals surface area contributed by atoms with Crippen LogP contribution in [0.25, 0.3) is 10.2 Å². The molecule has 4 aromatic rings. The largest absolute Gasteiger partial charge is 0.493 e. The number of hydrogen-bond donors (Lipinski definition) is 1. The maximum absolute atomic E-state index is 5.88. The standard InChI is InChI=1S/C27H28N4O2S/c1-19(2)15-16-33-23-14-13-20(17-24(23)32-3)18-28-31-26(29-21-9-5-4-6-10-21)27-30-22-11-7-8-12-25(22)34-27/h4-14,17-19H,15-16H2,1-3H3,(H,29,31). The van der Waals surface area contributed by atoms with E-state index in [-0.39, 0.29) is 0 Å². The van der Waals surface area contributed by atoms with Gasteiger partial charge in [0.25, 0.3) is 0 Å². The molecule has 0 unspecified atom stereocenters. The van der Waals surface area contributed by atoms with Gasteiger partial charge in [0.15, 0.2) is 22.3 Å². The van der Waals surface area contributed by atoms with E-state index < -0.39 is 0 Å². The lowest BCUT2D eigenvalue weighted by atomic mass is 10.1. The molecule has 0 radical (unpaired) electrons. The molecule has 4 rings (SSSR count). The second-order valence-corrected chi connectivity index (χ2v) is 9.12. The number of hydrogen-bond acceptors (Lipinski definition) is 6. The van der Waals surface area contributed by atoms with Crippen LogP contribution in [0.5, 0.6) is 11.5 Å². The van der Waals surface area contributed by atoms with Crippen LogP contribution in [0, 0.1) is 5.92 Å². The summed E-state index contributed by atoms with van der Waals surface area (Å²) in [5, 5.41) is 5.21. The number of amidine groups is 1. The zero-order valence-corrected chi connectivity index (χ0v) is 20.4. The van der Waals surface area contributed by atoms with Crippen molar-refractivity contribution in [1.29, 1.82) is 0 Å². The number of nitrogens with zero attached hydrogens (tertiary/aromatic N) is 3. The number of thiazole rings is 1. The molecule has 7 heteroatoms. The fraction of sp³-hybridized carbons (Fsp3) is 0.222. The van der Waals surface area contributed by atoms with Crippen LogP contribution in [0.3, 0.4) is 0 Å². The first kappa shape index (κ1) is 23.4. The van der Waals surface area contributed by atoms with Crippen molar-refractivity contribution >= 4 is 39.3 Å².